The number of amides is 1. The molecular weight excluding hydrogens is 284 g/mol. The second-order valence-electron chi connectivity index (χ2n) is 6.83. The van der Waals surface area contributed by atoms with Gasteiger partial charge in [0.25, 0.3) is 5.91 Å². The van der Waals surface area contributed by atoms with Crippen LogP contribution >= 0.6 is 0 Å². The van der Waals surface area contributed by atoms with E-state index in [9.17, 15) is 10.1 Å². The van der Waals surface area contributed by atoms with Gasteiger partial charge in [0.2, 0.25) is 0 Å². The van der Waals surface area contributed by atoms with Crippen LogP contribution in [0, 0.1) is 17.2 Å². The molecule has 2 rings (SSSR count). The van der Waals surface area contributed by atoms with Crippen molar-refractivity contribution in [1.82, 2.24) is 5.32 Å². The van der Waals surface area contributed by atoms with Crippen LogP contribution in [0.2, 0.25) is 0 Å². The highest BCUT2D eigenvalue weighted by molar-refractivity contribution is 6.01. The van der Waals surface area contributed by atoms with Gasteiger partial charge in [0, 0.05) is 6.04 Å². The normalized spacial score (nSPS) is 21.8. The molecule has 1 saturated carbocycles. The SMILES string of the molecule is CC(C)c1ccc(/C=C(\C#N)C(=O)N[C@@H]2CCCC[C@H]2C)cc1. The molecule has 0 heterocycles. The molecule has 0 radical (unpaired) electrons. The average Bonchev–Trinajstić information content (AvgIpc) is 2.55. The average molecular weight is 310 g/mol. The number of benzene rings is 1. The van der Waals surface area contributed by atoms with Crippen LogP contribution in [0.25, 0.3) is 6.08 Å². The van der Waals surface area contributed by atoms with E-state index in [1.807, 2.05) is 30.3 Å². The minimum absolute atomic E-state index is 0.181. The molecular formula is C20H26N2O. The molecule has 1 amide bonds. The Morgan fingerprint density at radius 2 is 1.91 bits per heavy atom. The minimum atomic E-state index is -0.251. The van der Waals surface area contributed by atoms with Crippen molar-refractivity contribution in [3.05, 3.63) is 41.0 Å². The number of rotatable bonds is 4. The molecule has 23 heavy (non-hydrogen) atoms. The fraction of sp³-hybridized carbons (Fsp3) is 0.500. The second-order valence-corrected chi connectivity index (χ2v) is 6.83. The first-order chi connectivity index (χ1) is 11.0. The quantitative estimate of drug-likeness (QED) is 0.661. The number of hydrogen-bond donors (Lipinski definition) is 1. The molecule has 1 aromatic carbocycles. The van der Waals surface area contributed by atoms with Gasteiger partial charge in [-0.25, -0.2) is 0 Å². The highest BCUT2D eigenvalue weighted by atomic mass is 16.1. The zero-order chi connectivity index (χ0) is 16.8. The molecule has 0 aromatic heterocycles. The van der Waals surface area contributed by atoms with Gasteiger partial charge in [-0.2, -0.15) is 5.26 Å². The predicted octanol–water partition coefficient (Wildman–Crippen LogP) is 4.41. The van der Waals surface area contributed by atoms with Crippen molar-refractivity contribution in [2.75, 3.05) is 0 Å². The van der Waals surface area contributed by atoms with E-state index in [0.717, 1.165) is 24.8 Å². The van der Waals surface area contributed by atoms with Crippen LogP contribution < -0.4 is 5.32 Å². The number of hydrogen-bond acceptors (Lipinski definition) is 2. The van der Waals surface area contributed by atoms with Crippen molar-refractivity contribution in [3.63, 3.8) is 0 Å². The number of carbonyl (C=O) groups is 1. The van der Waals surface area contributed by atoms with Crippen LogP contribution in [0.1, 0.15) is 63.5 Å². The number of carbonyl (C=O) groups excluding carboxylic acids is 1. The molecule has 0 saturated heterocycles. The maximum absolute atomic E-state index is 12.4. The molecule has 0 bridgehead atoms. The Morgan fingerprint density at radius 1 is 1.26 bits per heavy atom. The highest BCUT2D eigenvalue weighted by Crippen LogP contribution is 2.24. The Hall–Kier alpha value is -2.08. The molecule has 3 heteroatoms. The molecule has 3 nitrogen and oxygen atoms in total. The van der Waals surface area contributed by atoms with Crippen LogP contribution in [0.4, 0.5) is 0 Å². The van der Waals surface area contributed by atoms with Crippen molar-refractivity contribution in [2.24, 2.45) is 5.92 Å². The van der Waals surface area contributed by atoms with E-state index in [0.29, 0.717) is 11.8 Å². The maximum Gasteiger partial charge on any atom is 0.262 e. The molecule has 2 atom stereocenters. The van der Waals surface area contributed by atoms with E-state index < -0.39 is 0 Å². The molecule has 0 aliphatic heterocycles. The van der Waals surface area contributed by atoms with Crippen molar-refractivity contribution < 1.29 is 4.79 Å². The van der Waals surface area contributed by atoms with Crippen LogP contribution in [0.15, 0.2) is 29.8 Å². The predicted molar refractivity (Wildman–Crippen MR) is 93.7 cm³/mol. The molecule has 1 aliphatic carbocycles. The van der Waals surface area contributed by atoms with Gasteiger partial charge in [-0.15, -0.1) is 0 Å². The van der Waals surface area contributed by atoms with Gasteiger partial charge in [0.05, 0.1) is 0 Å². The van der Waals surface area contributed by atoms with Gasteiger partial charge in [-0.1, -0.05) is 57.9 Å². The number of nitriles is 1. The van der Waals surface area contributed by atoms with E-state index >= 15 is 0 Å². The zero-order valence-corrected chi connectivity index (χ0v) is 14.3. The lowest BCUT2D eigenvalue weighted by Crippen LogP contribution is -2.41. The summed E-state index contributed by atoms with van der Waals surface area (Å²) in [6, 6.07) is 10.3. The Kier molecular flexibility index (Phi) is 5.98. The molecule has 0 spiro atoms. The molecule has 0 unspecified atom stereocenters. The van der Waals surface area contributed by atoms with Crippen LogP contribution in [-0.2, 0) is 4.79 Å². The lowest BCUT2D eigenvalue weighted by molar-refractivity contribution is -0.118. The fourth-order valence-electron chi connectivity index (χ4n) is 3.07. The van der Waals surface area contributed by atoms with Gasteiger partial charge in [-0.3, -0.25) is 4.79 Å². The third-order valence-corrected chi connectivity index (χ3v) is 4.71. The second kappa shape index (κ2) is 7.97. The van der Waals surface area contributed by atoms with E-state index in [2.05, 4.69) is 26.1 Å². The summed E-state index contributed by atoms with van der Waals surface area (Å²) in [5, 5.41) is 12.4. The largest absolute Gasteiger partial charge is 0.348 e. The summed E-state index contributed by atoms with van der Waals surface area (Å²) in [7, 11) is 0. The van der Waals surface area contributed by atoms with E-state index in [4.69, 9.17) is 0 Å². The van der Waals surface area contributed by atoms with Crippen molar-refractivity contribution in [2.45, 2.75) is 58.4 Å². The first kappa shape index (κ1) is 17.3. The first-order valence-electron chi connectivity index (χ1n) is 8.54. The molecule has 1 N–H and O–H groups in total. The van der Waals surface area contributed by atoms with Gasteiger partial charge < -0.3 is 5.32 Å². The van der Waals surface area contributed by atoms with Gasteiger partial charge in [0.1, 0.15) is 11.6 Å². The summed E-state index contributed by atoms with van der Waals surface area (Å²) >= 11 is 0. The first-order valence-corrected chi connectivity index (χ1v) is 8.54. The van der Waals surface area contributed by atoms with E-state index in [1.54, 1.807) is 6.08 Å². The Bertz CT molecular complexity index is 608. The van der Waals surface area contributed by atoms with Crippen molar-refractivity contribution >= 4 is 12.0 Å². The molecule has 1 aliphatic rings. The van der Waals surface area contributed by atoms with E-state index in [-0.39, 0.29) is 17.5 Å². The lowest BCUT2D eigenvalue weighted by atomic mass is 9.86. The summed E-state index contributed by atoms with van der Waals surface area (Å²) in [5.41, 5.74) is 2.32. The number of nitrogens with one attached hydrogen (secondary N) is 1. The van der Waals surface area contributed by atoms with Gasteiger partial charge in [-0.05, 0) is 41.9 Å². The summed E-state index contributed by atoms with van der Waals surface area (Å²) in [6.07, 6.45) is 6.21. The van der Waals surface area contributed by atoms with Gasteiger partial charge in [0.15, 0.2) is 0 Å². The molecule has 1 aromatic rings. The Balaban J connectivity index is 2.08. The highest BCUT2D eigenvalue weighted by Gasteiger charge is 2.23. The van der Waals surface area contributed by atoms with E-state index in [1.165, 1.54) is 12.0 Å². The maximum atomic E-state index is 12.4. The zero-order valence-electron chi connectivity index (χ0n) is 14.3. The van der Waals surface area contributed by atoms with Crippen molar-refractivity contribution in [1.29, 1.82) is 5.26 Å². The van der Waals surface area contributed by atoms with Gasteiger partial charge >= 0.3 is 0 Å². The van der Waals surface area contributed by atoms with Crippen LogP contribution in [0.3, 0.4) is 0 Å². The van der Waals surface area contributed by atoms with Crippen LogP contribution in [-0.4, -0.2) is 11.9 Å². The Labute approximate surface area is 139 Å². The number of nitrogens with zero attached hydrogens (tertiary/aromatic N) is 1. The topological polar surface area (TPSA) is 52.9 Å². The third kappa shape index (κ3) is 4.69. The Morgan fingerprint density at radius 3 is 2.48 bits per heavy atom. The van der Waals surface area contributed by atoms with Crippen molar-refractivity contribution in [3.8, 4) is 6.07 Å². The minimum Gasteiger partial charge on any atom is -0.348 e. The standard InChI is InChI=1S/C20H26N2O/c1-14(2)17-10-8-16(9-11-17)12-18(13-21)20(23)22-19-7-5-4-6-15(19)3/h8-12,14-15,19H,4-7H2,1-3H3,(H,22,23)/b18-12+/t15-,19-/m1/s1. The summed E-state index contributed by atoms with van der Waals surface area (Å²) in [6.45, 7) is 6.46. The molecule has 122 valence electrons. The summed E-state index contributed by atoms with van der Waals surface area (Å²) in [4.78, 5) is 12.4. The molecule has 1 fully saturated rings. The third-order valence-electron chi connectivity index (χ3n) is 4.71. The smallest absolute Gasteiger partial charge is 0.262 e. The summed E-state index contributed by atoms with van der Waals surface area (Å²) in [5.74, 6) is 0.705. The summed E-state index contributed by atoms with van der Waals surface area (Å²) < 4.78 is 0. The fourth-order valence-corrected chi connectivity index (χ4v) is 3.07. The monoisotopic (exact) mass is 310 g/mol. The lowest BCUT2D eigenvalue weighted by Gasteiger charge is -2.29. The van der Waals surface area contributed by atoms with Crippen LogP contribution in [0.5, 0.6) is 0 Å².